The molecule has 0 unspecified atom stereocenters. The summed E-state index contributed by atoms with van der Waals surface area (Å²) in [5.74, 6) is 0.306. The molecule has 1 saturated heterocycles. The molecule has 49 heavy (non-hydrogen) atoms. The molecule has 6 aromatic rings. The Labute approximate surface area is 280 Å². The first-order chi connectivity index (χ1) is 24.0. The second-order valence-electron chi connectivity index (χ2n) is 11.8. The number of ether oxygens (including phenoxy) is 3. The van der Waals surface area contributed by atoms with Crippen molar-refractivity contribution in [3.05, 3.63) is 101 Å². The van der Waals surface area contributed by atoms with E-state index in [9.17, 15) is 9.18 Å². The molecule has 0 saturated carbocycles. The molecule has 12 heteroatoms. The number of hydrogen-bond acceptors (Lipinski definition) is 9. The molecule has 10 nitrogen and oxygen atoms in total. The van der Waals surface area contributed by atoms with Crippen LogP contribution in [0.25, 0.3) is 32.9 Å². The SMILES string of the molecule is COc1cc2ncnc(Oc3ccc(Nc4nccc5[nH]cc(-c6ccc(F)cc6)c(=O)c45)cc3F)c2cc1OCCCN1CCCCC1. The van der Waals surface area contributed by atoms with E-state index in [-0.39, 0.29) is 28.3 Å². The molecule has 1 aliphatic rings. The molecule has 0 aliphatic carbocycles. The van der Waals surface area contributed by atoms with Gasteiger partial charge < -0.3 is 29.4 Å². The normalized spacial score (nSPS) is 13.4. The van der Waals surface area contributed by atoms with Crippen LogP contribution in [0.15, 0.2) is 84.2 Å². The van der Waals surface area contributed by atoms with E-state index in [1.54, 1.807) is 37.6 Å². The van der Waals surface area contributed by atoms with Crippen molar-refractivity contribution >= 4 is 33.3 Å². The third kappa shape index (κ3) is 7.00. The molecule has 1 fully saturated rings. The van der Waals surface area contributed by atoms with Gasteiger partial charge in [-0.1, -0.05) is 18.6 Å². The molecule has 0 atom stereocenters. The predicted molar refractivity (Wildman–Crippen MR) is 184 cm³/mol. The number of halogens is 2. The van der Waals surface area contributed by atoms with Crippen LogP contribution >= 0.6 is 0 Å². The second-order valence-corrected chi connectivity index (χ2v) is 11.8. The summed E-state index contributed by atoms with van der Waals surface area (Å²) in [5.41, 5.74) is 2.01. The Morgan fingerprint density at radius 1 is 0.918 bits per heavy atom. The van der Waals surface area contributed by atoms with Crippen molar-refractivity contribution < 1.29 is 23.0 Å². The number of fused-ring (bicyclic) bond motifs is 2. The van der Waals surface area contributed by atoms with Crippen molar-refractivity contribution in [2.75, 3.05) is 38.7 Å². The average Bonchev–Trinajstić information content (AvgIpc) is 3.12. The lowest BCUT2D eigenvalue weighted by Crippen LogP contribution is -2.31. The largest absolute Gasteiger partial charge is 0.493 e. The Balaban J connectivity index is 1.11. The number of piperidine rings is 1. The molecule has 0 spiro atoms. The van der Waals surface area contributed by atoms with Gasteiger partial charge in [0.2, 0.25) is 11.3 Å². The summed E-state index contributed by atoms with van der Waals surface area (Å²) < 4.78 is 46.7. The summed E-state index contributed by atoms with van der Waals surface area (Å²) in [6, 6.07) is 15.1. The third-order valence-corrected chi connectivity index (χ3v) is 8.56. The summed E-state index contributed by atoms with van der Waals surface area (Å²) in [4.78, 5) is 32.1. The van der Waals surface area contributed by atoms with Gasteiger partial charge in [0.25, 0.3) is 0 Å². The highest BCUT2D eigenvalue weighted by Gasteiger charge is 2.17. The van der Waals surface area contributed by atoms with Gasteiger partial charge in [-0.2, -0.15) is 0 Å². The topological polar surface area (TPSA) is 114 Å². The Bertz CT molecular complexity index is 2170. The highest BCUT2D eigenvalue weighted by Crippen LogP contribution is 2.37. The number of anilines is 2. The maximum absolute atomic E-state index is 15.5. The number of hydrogen-bond donors (Lipinski definition) is 2. The van der Waals surface area contributed by atoms with Gasteiger partial charge in [-0.25, -0.2) is 23.7 Å². The molecule has 0 amide bonds. The molecule has 4 heterocycles. The summed E-state index contributed by atoms with van der Waals surface area (Å²) in [6.45, 7) is 3.74. The first-order valence-electron chi connectivity index (χ1n) is 16.2. The first kappa shape index (κ1) is 32.0. The summed E-state index contributed by atoms with van der Waals surface area (Å²) in [5, 5.41) is 3.87. The van der Waals surface area contributed by atoms with Gasteiger partial charge in [0.05, 0.1) is 35.5 Å². The third-order valence-electron chi connectivity index (χ3n) is 8.56. The first-order valence-corrected chi connectivity index (χ1v) is 16.2. The van der Waals surface area contributed by atoms with Crippen LogP contribution < -0.4 is 25.0 Å². The lowest BCUT2D eigenvalue weighted by Gasteiger charge is -2.26. The Morgan fingerprint density at radius 2 is 1.76 bits per heavy atom. The lowest BCUT2D eigenvalue weighted by molar-refractivity contribution is 0.203. The molecule has 3 aromatic heterocycles. The highest BCUT2D eigenvalue weighted by atomic mass is 19.1. The number of pyridine rings is 2. The van der Waals surface area contributed by atoms with E-state index < -0.39 is 11.6 Å². The lowest BCUT2D eigenvalue weighted by atomic mass is 10.0. The van der Waals surface area contributed by atoms with Crippen LogP contribution in [0.5, 0.6) is 23.1 Å². The van der Waals surface area contributed by atoms with Gasteiger partial charge in [-0.15, -0.1) is 0 Å². The number of likely N-dealkylation sites (tertiary alicyclic amines) is 1. The number of nitrogens with one attached hydrogen (secondary N) is 2. The van der Waals surface area contributed by atoms with E-state index in [0.29, 0.717) is 51.3 Å². The number of aromatic nitrogens is 4. The van der Waals surface area contributed by atoms with Crippen LogP contribution in [-0.4, -0.2) is 58.2 Å². The van der Waals surface area contributed by atoms with Crippen molar-refractivity contribution in [3.8, 4) is 34.3 Å². The number of nitrogens with zero attached hydrogens (tertiary/aromatic N) is 4. The van der Waals surface area contributed by atoms with Crippen LogP contribution in [0.2, 0.25) is 0 Å². The number of aromatic amines is 1. The van der Waals surface area contributed by atoms with E-state index in [1.807, 2.05) is 0 Å². The van der Waals surface area contributed by atoms with E-state index in [1.165, 1.54) is 68.2 Å². The highest BCUT2D eigenvalue weighted by molar-refractivity contribution is 5.93. The summed E-state index contributed by atoms with van der Waals surface area (Å²) >= 11 is 0. The van der Waals surface area contributed by atoms with Crippen molar-refractivity contribution in [2.24, 2.45) is 0 Å². The zero-order valence-corrected chi connectivity index (χ0v) is 26.8. The maximum Gasteiger partial charge on any atom is 0.230 e. The average molecular weight is 665 g/mol. The monoisotopic (exact) mass is 664 g/mol. The van der Waals surface area contributed by atoms with Crippen LogP contribution in [0, 0.1) is 11.6 Å². The molecule has 0 radical (unpaired) electrons. The molecular weight excluding hydrogens is 630 g/mol. The molecular formula is C37H34F2N6O4. The Morgan fingerprint density at radius 3 is 2.55 bits per heavy atom. The van der Waals surface area contributed by atoms with Crippen molar-refractivity contribution in [2.45, 2.75) is 25.7 Å². The molecule has 7 rings (SSSR count). The van der Waals surface area contributed by atoms with Gasteiger partial charge in [0, 0.05) is 42.3 Å². The minimum absolute atomic E-state index is 0.0623. The smallest absolute Gasteiger partial charge is 0.230 e. The minimum Gasteiger partial charge on any atom is -0.493 e. The van der Waals surface area contributed by atoms with E-state index >= 15 is 4.39 Å². The number of rotatable bonds is 11. The van der Waals surface area contributed by atoms with Gasteiger partial charge >= 0.3 is 0 Å². The fourth-order valence-corrected chi connectivity index (χ4v) is 6.05. The minimum atomic E-state index is -0.666. The Hall–Kier alpha value is -5.62. The number of benzene rings is 3. The number of methoxy groups -OCH3 is 1. The van der Waals surface area contributed by atoms with Crippen LogP contribution in [0.3, 0.4) is 0 Å². The molecule has 2 N–H and O–H groups in total. The van der Waals surface area contributed by atoms with E-state index in [4.69, 9.17) is 14.2 Å². The second kappa shape index (κ2) is 14.2. The van der Waals surface area contributed by atoms with Crippen LogP contribution in [-0.2, 0) is 0 Å². The van der Waals surface area contributed by atoms with Gasteiger partial charge in [-0.05, 0) is 74.3 Å². The Kier molecular flexibility index (Phi) is 9.29. The maximum atomic E-state index is 15.5. The predicted octanol–water partition coefficient (Wildman–Crippen LogP) is 7.61. The summed E-state index contributed by atoms with van der Waals surface area (Å²) in [6.07, 6.45) is 9.11. The summed E-state index contributed by atoms with van der Waals surface area (Å²) in [7, 11) is 1.57. The van der Waals surface area contributed by atoms with Crippen molar-refractivity contribution in [3.63, 3.8) is 0 Å². The fraction of sp³-hybridized carbons (Fsp3) is 0.243. The van der Waals surface area contributed by atoms with E-state index in [2.05, 4.69) is 30.2 Å². The zero-order chi connectivity index (χ0) is 33.7. The zero-order valence-electron chi connectivity index (χ0n) is 26.8. The fourth-order valence-electron chi connectivity index (χ4n) is 6.05. The van der Waals surface area contributed by atoms with Crippen LogP contribution in [0.1, 0.15) is 25.7 Å². The van der Waals surface area contributed by atoms with Gasteiger partial charge in [0.15, 0.2) is 23.1 Å². The molecule has 1 aliphatic heterocycles. The van der Waals surface area contributed by atoms with Crippen LogP contribution in [0.4, 0.5) is 20.3 Å². The number of H-pyrrole nitrogens is 1. The molecule has 3 aromatic carbocycles. The van der Waals surface area contributed by atoms with Crippen molar-refractivity contribution in [1.29, 1.82) is 0 Å². The van der Waals surface area contributed by atoms with Gasteiger partial charge in [-0.3, -0.25) is 4.79 Å². The van der Waals surface area contributed by atoms with Gasteiger partial charge in [0.1, 0.15) is 18.0 Å². The molecule has 250 valence electrons. The quantitative estimate of drug-likeness (QED) is 0.135. The van der Waals surface area contributed by atoms with Crippen molar-refractivity contribution in [1.82, 2.24) is 24.8 Å². The standard InChI is InChI=1S/C37H34F2N6O4/c1-47-32-20-30-26(19-33(32)48-17-5-16-45-14-3-2-4-15-45)37(43-22-42-30)49-31-11-10-25(18-28(31)39)44-36-34-29(12-13-40-36)41-21-27(35(34)46)23-6-8-24(38)9-7-23/h6-13,18-22H,2-5,14-17H2,1H3,(H,40,44)(H,41,46). The molecule has 0 bridgehead atoms. The van der Waals surface area contributed by atoms with E-state index in [0.717, 1.165) is 26.1 Å².